The van der Waals surface area contributed by atoms with Crippen molar-refractivity contribution in [3.8, 4) is 5.75 Å². The van der Waals surface area contributed by atoms with Crippen LogP contribution in [0.3, 0.4) is 0 Å². The van der Waals surface area contributed by atoms with Crippen LogP contribution in [0.5, 0.6) is 5.75 Å². The topological polar surface area (TPSA) is 90.0 Å². The summed E-state index contributed by atoms with van der Waals surface area (Å²) >= 11 is 12.5. The number of benzene rings is 2. The number of fused-ring (bicyclic) bond motifs is 1. The van der Waals surface area contributed by atoms with E-state index < -0.39 is 12.0 Å². The maximum atomic E-state index is 12.4. The number of carbonyl (C=O) groups excluding carboxylic acids is 1. The summed E-state index contributed by atoms with van der Waals surface area (Å²) in [5, 5.41) is 2.05. The van der Waals surface area contributed by atoms with Gasteiger partial charge in [-0.1, -0.05) is 29.3 Å². The van der Waals surface area contributed by atoms with Gasteiger partial charge in [0.05, 0.1) is 27.9 Å². The summed E-state index contributed by atoms with van der Waals surface area (Å²) in [5.41, 5.74) is 6.92. The number of piperazine rings is 1. The maximum Gasteiger partial charge on any atom is 0.324 e. The van der Waals surface area contributed by atoms with Crippen molar-refractivity contribution in [1.29, 1.82) is 0 Å². The molecule has 1 unspecified atom stereocenters. The van der Waals surface area contributed by atoms with Crippen molar-refractivity contribution in [1.82, 2.24) is 9.47 Å². The van der Waals surface area contributed by atoms with Gasteiger partial charge in [0.25, 0.3) is 5.56 Å². The summed E-state index contributed by atoms with van der Waals surface area (Å²) in [5.74, 6) is 0.100. The molecule has 0 radical (unpaired) electrons. The fraction of sp³-hybridized carbons (Fsp3) is 0.407. The highest BCUT2D eigenvalue weighted by Crippen LogP contribution is 2.32. The van der Waals surface area contributed by atoms with Crippen LogP contribution in [0.25, 0.3) is 10.9 Å². The summed E-state index contributed by atoms with van der Waals surface area (Å²) in [6.45, 7) is 6.68. The van der Waals surface area contributed by atoms with Crippen molar-refractivity contribution in [2.75, 3.05) is 44.2 Å². The molecule has 2 N–H and O–H groups in total. The highest BCUT2D eigenvalue weighted by Gasteiger charge is 2.19. The second-order valence-corrected chi connectivity index (χ2v) is 9.94. The number of anilines is 1. The van der Waals surface area contributed by atoms with Crippen LogP contribution >= 0.6 is 23.2 Å². The molecule has 1 atom stereocenters. The van der Waals surface area contributed by atoms with Gasteiger partial charge >= 0.3 is 5.97 Å². The quantitative estimate of drug-likeness (QED) is 0.302. The van der Waals surface area contributed by atoms with Gasteiger partial charge in [-0.05, 0) is 62.0 Å². The Balaban J connectivity index is 1.24. The summed E-state index contributed by atoms with van der Waals surface area (Å²) in [4.78, 5) is 28.9. The van der Waals surface area contributed by atoms with Crippen molar-refractivity contribution < 1.29 is 14.3 Å². The van der Waals surface area contributed by atoms with E-state index in [4.69, 9.17) is 38.4 Å². The van der Waals surface area contributed by atoms with Crippen LogP contribution in [-0.4, -0.2) is 60.8 Å². The van der Waals surface area contributed by atoms with Crippen molar-refractivity contribution >= 4 is 45.8 Å². The molecule has 37 heavy (non-hydrogen) atoms. The lowest BCUT2D eigenvalue weighted by Crippen LogP contribution is -2.46. The Bertz CT molecular complexity index is 1290. The van der Waals surface area contributed by atoms with Crippen LogP contribution < -0.4 is 20.9 Å². The number of nitrogens with zero attached hydrogens (tertiary/aromatic N) is 3. The first-order chi connectivity index (χ1) is 17.8. The van der Waals surface area contributed by atoms with Gasteiger partial charge < -0.3 is 20.1 Å². The molecular formula is C27H32Cl2N4O4. The molecule has 10 heteroatoms. The largest absolute Gasteiger partial charge is 0.494 e. The Morgan fingerprint density at radius 2 is 1.81 bits per heavy atom. The molecule has 1 aromatic heterocycles. The second kappa shape index (κ2) is 12.6. The lowest BCUT2D eigenvalue weighted by molar-refractivity contribution is -0.148. The molecule has 2 aromatic carbocycles. The molecule has 2 heterocycles. The molecule has 0 saturated carbocycles. The SMILES string of the molecule is CC(N)C(=O)OCn1c(=O)ccc2ccc(OCCCCN3CCN(c4cccc(Cl)c4Cl)CC3)cc21. The van der Waals surface area contributed by atoms with Gasteiger partial charge in [0, 0.05) is 38.3 Å². The third kappa shape index (κ3) is 6.96. The van der Waals surface area contributed by atoms with Crippen molar-refractivity contribution in [2.45, 2.75) is 32.5 Å². The number of halogens is 2. The van der Waals surface area contributed by atoms with Crippen molar-refractivity contribution in [2.24, 2.45) is 5.73 Å². The molecule has 0 amide bonds. The zero-order chi connectivity index (χ0) is 26.4. The summed E-state index contributed by atoms with van der Waals surface area (Å²) in [6, 6.07) is 13.8. The first-order valence-corrected chi connectivity index (χ1v) is 13.2. The smallest absolute Gasteiger partial charge is 0.324 e. The third-order valence-corrected chi connectivity index (χ3v) is 7.26. The van der Waals surface area contributed by atoms with Crippen molar-refractivity contribution in [3.63, 3.8) is 0 Å². The van der Waals surface area contributed by atoms with Gasteiger partial charge in [0.15, 0.2) is 6.73 Å². The molecule has 8 nitrogen and oxygen atoms in total. The number of unbranched alkanes of at least 4 members (excludes halogenated alkanes) is 1. The minimum atomic E-state index is -0.755. The third-order valence-electron chi connectivity index (χ3n) is 6.45. The van der Waals surface area contributed by atoms with E-state index in [1.807, 2.05) is 30.3 Å². The fourth-order valence-corrected chi connectivity index (χ4v) is 4.74. The highest BCUT2D eigenvalue weighted by atomic mass is 35.5. The zero-order valence-corrected chi connectivity index (χ0v) is 22.4. The standard InChI is InChI=1S/C27H32Cl2N4O4/c1-19(30)27(35)37-18-33-24-17-21(9-7-20(24)8-10-25(33)34)36-16-3-2-11-31-12-14-32(15-13-31)23-6-4-5-22(28)26(23)29/h4-10,17,19H,2-3,11-16,18,30H2,1H3. The highest BCUT2D eigenvalue weighted by molar-refractivity contribution is 6.43. The molecular weight excluding hydrogens is 515 g/mol. The van der Waals surface area contributed by atoms with E-state index in [1.54, 1.807) is 12.1 Å². The number of carbonyl (C=O) groups is 1. The molecule has 198 valence electrons. The molecule has 4 rings (SSSR count). The van der Waals surface area contributed by atoms with E-state index in [0.29, 0.717) is 27.9 Å². The molecule has 0 spiro atoms. The van der Waals surface area contributed by atoms with E-state index in [1.165, 1.54) is 17.6 Å². The number of hydrogen-bond acceptors (Lipinski definition) is 7. The lowest BCUT2D eigenvalue weighted by Gasteiger charge is -2.36. The van der Waals surface area contributed by atoms with Gasteiger partial charge in [0.1, 0.15) is 11.8 Å². The molecule has 1 saturated heterocycles. The van der Waals surface area contributed by atoms with Gasteiger partial charge in [-0.15, -0.1) is 0 Å². The van der Waals surface area contributed by atoms with Crippen LogP contribution in [0.1, 0.15) is 19.8 Å². The predicted octanol–water partition coefficient (Wildman–Crippen LogP) is 4.14. The summed E-state index contributed by atoms with van der Waals surface area (Å²) in [7, 11) is 0. The molecule has 1 aliphatic rings. The van der Waals surface area contributed by atoms with Crippen LogP contribution in [0.15, 0.2) is 53.3 Å². The Morgan fingerprint density at radius 1 is 1.05 bits per heavy atom. The number of nitrogens with two attached hydrogens (primary N) is 1. The van der Waals surface area contributed by atoms with E-state index in [9.17, 15) is 9.59 Å². The molecule has 1 fully saturated rings. The Morgan fingerprint density at radius 3 is 2.57 bits per heavy atom. The van der Waals surface area contributed by atoms with Crippen LogP contribution in [-0.2, 0) is 16.3 Å². The minimum Gasteiger partial charge on any atom is -0.494 e. The second-order valence-electron chi connectivity index (χ2n) is 9.16. The maximum absolute atomic E-state index is 12.4. The number of pyridine rings is 1. The normalized spacial score (nSPS) is 15.1. The molecule has 3 aromatic rings. The van der Waals surface area contributed by atoms with Gasteiger partial charge in [-0.3, -0.25) is 19.1 Å². The fourth-order valence-electron chi connectivity index (χ4n) is 4.33. The summed E-state index contributed by atoms with van der Waals surface area (Å²) in [6.07, 6.45) is 1.93. The van der Waals surface area contributed by atoms with Gasteiger partial charge in [-0.2, -0.15) is 0 Å². The molecule has 0 aliphatic carbocycles. The number of esters is 1. The van der Waals surface area contributed by atoms with Gasteiger partial charge in [-0.25, -0.2) is 0 Å². The molecule has 0 bridgehead atoms. The number of aromatic nitrogens is 1. The first kappa shape index (κ1) is 27.3. The van der Waals surface area contributed by atoms with E-state index in [-0.39, 0.29) is 12.3 Å². The van der Waals surface area contributed by atoms with Crippen molar-refractivity contribution in [3.05, 3.63) is 68.9 Å². The monoisotopic (exact) mass is 546 g/mol. The predicted molar refractivity (Wildman–Crippen MR) is 148 cm³/mol. The lowest BCUT2D eigenvalue weighted by atomic mass is 10.2. The number of ether oxygens (including phenoxy) is 2. The summed E-state index contributed by atoms with van der Waals surface area (Å²) < 4.78 is 12.5. The van der Waals surface area contributed by atoms with Gasteiger partial charge in [0.2, 0.25) is 0 Å². The number of hydrogen-bond donors (Lipinski definition) is 1. The Hall–Kier alpha value is -2.78. The molecule has 1 aliphatic heterocycles. The van der Waals surface area contributed by atoms with Crippen LogP contribution in [0, 0.1) is 0 Å². The minimum absolute atomic E-state index is 0.198. The van der Waals surface area contributed by atoms with E-state index in [0.717, 1.165) is 56.6 Å². The zero-order valence-electron chi connectivity index (χ0n) is 20.9. The number of rotatable bonds is 10. The van der Waals surface area contributed by atoms with E-state index >= 15 is 0 Å². The van der Waals surface area contributed by atoms with Crippen LogP contribution in [0.4, 0.5) is 5.69 Å². The Labute approximate surface area is 226 Å². The van der Waals surface area contributed by atoms with E-state index in [2.05, 4.69) is 9.80 Å². The first-order valence-electron chi connectivity index (χ1n) is 12.4. The Kier molecular flexibility index (Phi) is 9.32. The van der Waals surface area contributed by atoms with Crippen LogP contribution in [0.2, 0.25) is 10.0 Å². The average Bonchev–Trinajstić information content (AvgIpc) is 2.89. The average molecular weight is 547 g/mol.